The van der Waals surface area contributed by atoms with Crippen molar-refractivity contribution in [3.05, 3.63) is 69.7 Å². The van der Waals surface area contributed by atoms with Gasteiger partial charge in [0.25, 0.3) is 5.91 Å². The van der Waals surface area contributed by atoms with Crippen LogP contribution in [0.25, 0.3) is 6.08 Å². The van der Waals surface area contributed by atoms with Crippen LogP contribution in [0.15, 0.2) is 58.6 Å². The van der Waals surface area contributed by atoms with E-state index in [4.69, 9.17) is 4.74 Å². The Bertz CT molecular complexity index is 811. The molecule has 4 nitrogen and oxygen atoms in total. The normalized spacial score (nSPS) is 10.9. The van der Waals surface area contributed by atoms with Crippen molar-refractivity contribution in [3.63, 3.8) is 0 Å². The Balaban J connectivity index is 1.92. The molecule has 2 aromatic carbocycles. The lowest BCUT2D eigenvalue weighted by molar-refractivity contribution is -0.117. The fourth-order valence-corrected chi connectivity index (χ4v) is 2.94. The van der Waals surface area contributed by atoms with Crippen molar-refractivity contribution in [1.29, 1.82) is 5.26 Å². The third-order valence-electron chi connectivity index (χ3n) is 3.70. The van der Waals surface area contributed by atoms with Gasteiger partial charge >= 0.3 is 0 Å². The molecule has 2 rings (SSSR count). The molecular weight excluding hydrogens is 392 g/mol. The molecule has 1 N–H and O–H groups in total. The van der Waals surface area contributed by atoms with Crippen LogP contribution in [-0.4, -0.2) is 19.1 Å². The molecule has 0 unspecified atom stereocenters. The monoisotopic (exact) mass is 412 g/mol. The van der Waals surface area contributed by atoms with E-state index in [0.717, 1.165) is 28.6 Å². The average molecular weight is 413 g/mol. The Morgan fingerprint density at radius 3 is 2.69 bits per heavy atom. The van der Waals surface area contributed by atoms with Gasteiger partial charge in [0.2, 0.25) is 0 Å². The maximum absolute atomic E-state index is 12.2. The standard InChI is InChI=1S/C21H21BrN2O2/c1-2-26-20-11-10-17(14-19(20)22)13-18(15-23)21(25)24-12-6-9-16-7-4-3-5-8-16/h3-5,7-8,10-11,13-14H,2,6,9,12H2,1H3,(H,24,25)/b18-13-. The number of carbonyl (C=O) groups is 1. The third kappa shape index (κ3) is 6.05. The van der Waals surface area contributed by atoms with Gasteiger partial charge in [0, 0.05) is 6.54 Å². The van der Waals surface area contributed by atoms with Gasteiger partial charge in [-0.15, -0.1) is 0 Å². The van der Waals surface area contributed by atoms with Gasteiger partial charge in [-0.1, -0.05) is 36.4 Å². The minimum atomic E-state index is -0.356. The molecule has 26 heavy (non-hydrogen) atoms. The zero-order valence-electron chi connectivity index (χ0n) is 14.7. The molecule has 0 atom stereocenters. The summed E-state index contributed by atoms with van der Waals surface area (Å²) < 4.78 is 6.25. The van der Waals surface area contributed by atoms with Crippen molar-refractivity contribution >= 4 is 27.9 Å². The summed E-state index contributed by atoms with van der Waals surface area (Å²) in [5, 5.41) is 12.1. The molecule has 0 heterocycles. The highest BCUT2D eigenvalue weighted by molar-refractivity contribution is 9.10. The second-order valence-electron chi connectivity index (χ2n) is 5.64. The number of amides is 1. The first-order chi connectivity index (χ1) is 12.6. The molecule has 0 radical (unpaired) electrons. The summed E-state index contributed by atoms with van der Waals surface area (Å²) in [6.07, 6.45) is 3.29. The van der Waals surface area contributed by atoms with Gasteiger partial charge in [-0.05, 0) is 65.0 Å². The average Bonchev–Trinajstić information content (AvgIpc) is 2.66. The van der Waals surface area contributed by atoms with Gasteiger partial charge in [-0.25, -0.2) is 0 Å². The first kappa shape index (κ1) is 19.7. The number of nitrogens with zero attached hydrogens (tertiary/aromatic N) is 1. The van der Waals surface area contributed by atoms with E-state index in [0.29, 0.717) is 13.2 Å². The Morgan fingerprint density at radius 1 is 1.27 bits per heavy atom. The SMILES string of the molecule is CCOc1ccc(/C=C(/C#N)C(=O)NCCCc2ccccc2)cc1Br. The highest BCUT2D eigenvalue weighted by Crippen LogP contribution is 2.26. The van der Waals surface area contributed by atoms with Gasteiger partial charge in [0.1, 0.15) is 17.4 Å². The fourth-order valence-electron chi connectivity index (χ4n) is 2.43. The van der Waals surface area contributed by atoms with Gasteiger partial charge in [-0.3, -0.25) is 4.79 Å². The van der Waals surface area contributed by atoms with Crippen LogP contribution in [0.2, 0.25) is 0 Å². The maximum atomic E-state index is 12.2. The molecule has 0 saturated carbocycles. The predicted octanol–water partition coefficient (Wildman–Crippen LogP) is 4.50. The smallest absolute Gasteiger partial charge is 0.261 e. The number of aryl methyl sites for hydroxylation is 1. The van der Waals surface area contributed by atoms with E-state index in [-0.39, 0.29) is 11.5 Å². The Labute approximate surface area is 162 Å². The summed E-state index contributed by atoms with van der Waals surface area (Å²) >= 11 is 3.43. The van der Waals surface area contributed by atoms with Gasteiger partial charge in [0.05, 0.1) is 11.1 Å². The summed E-state index contributed by atoms with van der Waals surface area (Å²) in [6, 6.07) is 17.5. The highest BCUT2D eigenvalue weighted by Gasteiger charge is 2.09. The van der Waals surface area contributed by atoms with E-state index in [1.165, 1.54) is 5.56 Å². The lowest BCUT2D eigenvalue weighted by Crippen LogP contribution is -2.25. The van der Waals surface area contributed by atoms with Crippen molar-refractivity contribution in [3.8, 4) is 11.8 Å². The third-order valence-corrected chi connectivity index (χ3v) is 4.32. The van der Waals surface area contributed by atoms with E-state index in [2.05, 4.69) is 33.4 Å². The Kier molecular flexibility index (Phi) is 7.91. The van der Waals surface area contributed by atoms with Gasteiger partial charge in [-0.2, -0.15) is 5.26 Å². The van der Waals surface area contributed by atoms with Crippen molar-refractivity contribution in [2.45, 2.75) is 19.8 Å². The number of hydrogen-bond donors (Lipinski definition) is 1. The molecule has 0 aliphatic heterocycles. The molecule has 5 heteroatoms. The first-order valence-electron chi connectivity index (χ1n) is 8.50. The number of halogens is 1. The minimum absolute atomic E-state index is 0.0840. The van der Waals surface area contributed by atoms with E-state index in [1.807, 2.05) is 49.4 Å². The quantitative estimate of drug-likeness (QED) is 0.394. The Hall–Kier alpha value is -2.58. The lowest BCUT2D eigenvalue weighted by atomic mass is 10.1. The number of hydrogen-bond acceptors (Lipinski definition) is 3. The zero-order chi connectivity index (χ0) is 18.8. The van der Waals surface area contributed by atoms with Crippen LogP contribution in [0.5, 0.6) is 5.75 Å². The largest absolute Gasteiger partial charge is 0.493 e. The minimum Gasteiger partial charge on any atom is -0.493 e. The van der Waals surface area contributed by atoms with Crippen molar-refractivity contribution < 1.29 is 9.53 Å². The van der Waals surface area contributed by atoms with Crippen molar-refractivity contribution in [2.24, 2.45) is 0 Å². The second-order valence-corrected chi connectivity index (χ2v) is 6.49. The number of nitriles is 1. The highest BCUT2D eigenvalue weighted by atomic mass is 79.9. The first-order valence-corrected chi connectivity index (χ1v) is 9.29. The topological polar surface area (TPSA) is 62.1 Å². The van der Waals surface area contributed by atoms with Crippen LogP contribution in [-0.2, 0) is 11.2 Å². The molecule has 2 aromatic rings. The van der Waals surface area contributed by atoms with E-state index >= 15 is 0 Å². The molecule has 134 valence electrons. The van der Waals surface area contributed by atoms with Gasteiger partial charge < -0.3 is 10.1 Å². The zero-order valence-corrected chi connectivity index (χ0v) is 16.3. The molecule has 0 aromatic heterocycles. The lowest BCUT2D eigenvalue weighted by Gasteiger charge is -2.07. The summed E-state index contributed by atoms with van der Waals surface area (Å²) in [5.74, 6) is 0.374. The van der Waals surface area contributed by atoms with Crippen LogP contribution < -0.4 is 10.1 Å². The number of nitrogens with one attached hydrogen (secondary N) is 1. The summed E-state index contributed by atoms with van der Waals surface area (Å²) in [7, 11) is 0. The number of ether oxygens (including phenoxy) is 1. The molecule has 1 amide bonds. The van der Waals surface area contributed by atoms with Crippen LogP contribution in [0.3, 0.4) is 0 Å². The summed E-state index contributed by atoms with van der Waals surface area (Å²) in [5.41, 5.74) is 2.08. The molecular formula is C21H21BrN2O2. The summed E-state index contributed by atoms with van der Waals surface area (Å²) in [4.78, 5) is 12.2. The summed E-state index contributed by atoms with van der Waals surface area (Å²) in [6.45, 7) is 3.01. The molecule has 0 aliphatic rings. The number of rotatable bonds is 8. The number of carbonyl (C=O) groups excluding carboxylic acids is 1. The molecule has 0 spiro atoms. The van der Waals surface area contributed by atoms with E-state index < -0.39 is 0 Å². The van der Waals surface area contributed by atoms with Crippen LogP contribution in [0.1, 0.15) is 24.5 Å². The molecule has 0 fully saturated rings. The van der Waals surface area contributed by atoms with Crippen LogP contribution in [0, 0.1) is 11.3 Å². The van der Waals surface area contributed by atoms with E-state index in [1.54, 1.807) is 6.08 Å². The fraction of sp³-hybridized carbons (Fsp3) is 0.238. The van der Waals surface area contributed by atoms with E-state index in [9.17, 15) is 10.1 Å². The molecule has 0 saturated heterocycles. The second kappa shape index (κ2) is 10.4. The molecule has 0 aliphatic carbocycles. The maximum Gasteiger partial charge on any atom is 0.261 e. The number of benzene rings is 2. The van der Waals surface area contributed by atoms with Crippen molar-refractivity contribution in [2.75, 3.05) is 13.2 Å². The van der Waals surface area contributed by atoms with Crippen LogP contribution >= 0.6 is 15.9 Å². The van der Waals surface area contributed by atoms with Crippen LogP contribution in [0.4, 0.5) is 0 Å². The Morgan fingerprint density at radius 2 is 2.04 bits per heavy atom. The predicted molar refractivity (Wildman–Crippen MR) is 107 cm³/mol. The van der Waals surface area contributed by atoms with Crippen molar-refractivity contribution in [1.82, 2.24) is 5.32 Å². The molecule has 0 bridgehead atoms. The van der Waals surface area contributed by atoms with Gasteiger partial charge in [0.15, 0.2) is 0 Å².